The van der Waals surface area contributed by atoms with Crippen LogP contribution in [0.5, 0.6) is 0 Å². The van der Waals surface area contributed by atoms with Crippen LogP contribution in [0.4, 0.5) is 4.39 Å². The fraction of sp³-hybridized carbons (Fsp3) is 0.174. The van der Waals surface area contributed by atoms with Gasteiger partial charge in [0.15, 0.2) is 0 Å². The quantitative estimate of drug-likeness (QED) is 0.525. The molecule has 0 atom stereocenters. The lowest BCUT2D eigenvalue weighted by molar-refractivity contribution is 0.0764. The predicted octanol–water partition coefficient (Wildman–Crippen LogP) is 4.24. The standard InChI is InChI=1S/C23H19FN4O/c1-14-8-16(15-5-6-21-17(9-15)11-27(2)26-21)10-20(24)19(14)12-28-13-22-18(23(28)29)4-3-7-25-22/h3-11H,12-13H2,1-2H3/i2D3,13D2. The number of carbonyl (C=O) groups excluding carboxylic acids is 1. The van der Waals surface area contributed by atoms with Crippen molar-refractivity contribution in [3.05, 3.63) is 83.1 Å². The van der Waals surface area contributed by atoms with Crippen molar-refractivity contribution in [2.45, 2.75) is 20.0 Å². The van der Waals surface area contributed by atoms with Crippen LogP contribution in [0.1, 0.15) is 34.0 Å². The molecule has 2 aromatic heterocycles. The Kier molecular flexibility index (Phi) is 2.88. The van der Waals surface area contributed by atoms with Crippen LogP contribution in [0.3, 0.4) is 0 Å². The normalized spacial score (nSPS) is 18.1. The predicted molar refractivity (Wildman–Crippen MR) is 109 cm³/mol. The minimum atomic E-state index is -2.39. The van der Waals surface area contributed by atoms with Crippen molar-refractivity contribution in [2.75, 3.05) is 0 Å². The van der Waals surface area contributed by atoms with E-state index in [9.17, 15) is 4.79 Å². The van der Waals surface area contributed by atoms with E-state index in [4.69, 9.17) is 6.85 Å². The van der Waals surface area contributed by atoms with Gasteiger partial charge in [-0.1, -0.05) is 12.1 Å². The molecule has 0 saturated carbocycles. The lowest BCUT2D eigenvalue weighted by Gasteiger charge is -2.18. The summed E-state index contributed by atoms with van der Waals surface area (Å²) in [5, 5.41) is 4.67. The first-order chi connectivity index (χ1) is 16.0. The van der Waals surface area contributed by atoms with Gasteiger partial charge in [-0.25, -0.2) is 4.39 Å². The van der Waals surface area contributed by atoms with Gasteiger partial charge in [0.2, 0.25) is 0 Å². The Morgan fingerprint density at radius 3 is 2.93 bits per heavy atom. The van der Waals surface area contributed by atoms with Gasteiger partial charge in [-0.3, -0.25) is 14.5 Å². The second-order valence-corrected chi connectivity index (χ2v) is 7.00. The van der Waals surface area contributed by atoms with Crippen molar-refractivity contribution >= 4 is 16.8 Å². The molecule has 0 fully saturated rings. The fourth-order valence-corrected chi connectivity index (χ4v) is 3.61. The molecule has 5 nitrogen and oxygen atoms in total. The third kappa shape index (κ3) is 2.97. The van der Waals surface area contributed by atoms with Crippen molar-refractivity contribution in [1.29, 1.82) is 0 Å². The highest BCUT2D eigenvalue weighted by Crippen LogP contribution is 2.30. The molecule has 6 heteroatoms. The van der Waals surface area contributed by atoms with Gasteiger partial charge in [-0.2, -0.15) is 5.10 Å². The zero-order valence-corrected chi connectivity index (χ0v) is 15.5. The van der Waals surface area contributed by atoms with E-state index in [1.807, 2.05) is 0 Å². The summed E-state index contributed by atoms with van der Waals surface area (Å²) in [4.78, 5) is 17.8. The summed E-state index contributed by atoms with van der Waals surface area (Å²) in [7, 11) is 0. The first-order valence-electron chi connectivity index (χ1n) is 11.5. The number of aryl methyl sites for hydroxylation is 2. The van der Waals surface area contributed by atoms with Crippen LogP contribution in [0.2, 0.25) is 0 Å². The molecule has 0 N–H and O–H groups in total. The Bertz CT molecular complexity index is 1440. The van der Waals surface area contributed by atoms with Crippen LogP contribution in [0.25, 0.3) is 22.0 Å². The van der Waals surface area contributed by atoms with Gasteiger partial charge in [0.25, 0.3) is 5.91 Å². The van der Waals surface area contributed by atoms with Crippen LogP contribution < -0.4 is 0 Å². The van der Waals surface area contributed by atoms with E-state index in [2.05, 4.69) is 10.1 Å². The summed E-state index contributed by atoms with van der Waals surface area (Å²) in [6.07, 6.45) is 2.85. The highest BCUT2D eigenvalue weighted by molar-refractivity contribution is 5.97. The number of carbonyl (C=O) groups is 1. The summed E-state index contributed by atoms with van der Waals surface area (Å²) < 4.78 is 55.5. The van der Waals surface area contributed by atoms with Gasteiger partial charge in [0.1, 0.15) is 5.82 Å². The number of fused-ring (bicyclic) bond motifs is 2. The number of aromatic nitrogens is 3. The molecule has 0 spiro atoms. The highest BCUT2D eigenvalue weighted by atomic mass is 19.1. The number of amides is 1. The van der Waals surface area contributed by atoms with Crippen LogP contribution in [0, 0.1) is 12.7 Å². The topological polar surface area (TPSA) is 51.0 Å². The van der Waals surface area contributed by atoms with Gasteiger partial charge >= 0.3 is 0 Å². The Labute approximate surface area is 174 Å². The number of hydrogen-bond acceptors (Lipinski definition) is 3. The van der Waals surface area contributed by atoms with E-state index in [0.717, 1.165) is 9.58 Å². The second kappa shape index (κ2) is 6.51. The molecule has 1 aliphatic heterocycles. The van der Waals surface area contributed by atoms with E-state index >= 15 is 4.39 Å². The number of nitrogens with zero attached hydrogens (tertiary/aromatic N) is 4. The molecular formula is C23H19FN4O. The SMILES string of the molecule is [2H]C1([2H])c2ncccc2C(=O)N1Cc1c(C)cc(-c2ccc3nn(C([2H])([2H])[2H])cc3c2)cc1F. The largest absolute Gasteiger partial charge is 0.328 e. The summed E-state index contributed by atoms with van der Waals surface area (Å²) in [5.74, 6) is -1.10. The average molecular weight is 391 g/mol. The number of rotatable bonds is 3. The van der Waals surface area contributed by atoms with Crippen molar-refractivity contribution < 1.29 is 16.0 Å². The Hall–Kier alpha value is -3.54. The number of halogens is 1. The van der Waals surface area contributed by atoms with E-state index in [0.29, 0.717) is 27.6 Å². The first kappa shape index (κ1) is 12.8. The summed E-state index contributed by atoms with van der Waals surface area (Å²) in [6, 6.07) is 11.3. The Balaban J connectivity index is 1.49. The molecule has 2 aromatic carbocycles. The molecule has 0 unspecified atom stereocenters. The Morgan fingerprint density at radius 1 is 1.24 bits per heavy atom. The summed E-state index contributed by atoms with van der Waals surface area (Å²) in [5.41, 5.74) is 2.73. The van der Waals surface area contributed by atoms with E-state index < -0.39 is 25.2 Å². The molecule has 0 saturated heterocycles. The molecule has 29 heavy (non-hydrogen) atoms. The first-order valence-corrected chi connectivity index (χ1v) is 9.03. The highest BCUT2D eigenvalue weighted by Gasteiger charge is 2.29. The molecule has 3 heterocycles. The van der Waals surface area contributed by atoms with Gasteiger partial charge < -0.3 is 4.90 Å². The fourth-order valence-electron chi connectivity index (χ4n) is 3.61. The maximum atomic E-state index is 15.3. The molecule has 0 aliphatic carbocycles. The van der Waals surface area contributed by atoms with Gasteiger partial charge in [0.05, 0.1) is 26.0 Å². The third-order valence-electron chi connectivity index (χ3n) is 5.10. The van der Waals surface area contributed by atoms with Gasteiger partial charge in [0, 0.05) is 41.0 Å². The zero-order valence-electron chi connectivity index (χ0n) is 20.5. The minimum Gasteiger partial charge on any atom is -0.328 e. The maximum absolute atomic E-state index is 15.3. The van der Waals surface area contributed by atoms with Crippen LogP contribution in [0.15, 0.2) is 54.9 Å². The number of pyridine rings is 1. The number of benzene rings is 2. The molecule has 4 aromatic rings. The zero-order chi connectivity index (χ0) is 24.4. The molecule has 1 aliphatic rings. The van der Waals surface area contributed by atoms with Crippen molar-refractivity contribution in [3.8, 4) is 11.1 Å². The average Bonchev–Trinajstić information content (AvgIpc) is 3.29. The summed E-state index contributed by atoms with van der Waals surface area (Å²) in [6.45, 7) is -3.09. The molecule has 1 amide bonds. The van der Waals surface area contributed by atoms with E-state index in [1.54, 1.807) is 37.3 Å². The van der Waals surface area contributed by atoms with Crippen molar-refractivity contribution in [2.24, 2.45) is 6.98 Å². The van der Waals surface area contributed by atoms with Crippen molar-refractivity contribution in [1.82, 2.24) is 19.7 Å². The molecule has 144 valence electrons. The van der Waals surface area contributed by atoms with E-state index in [-0.39, 0.29) is 23.4 Å². The monoisotopic (exact) mass is 391 g/mol. The molecule has 0 radical (unpaired) electrons. The van der Waals surface area contributed by atoms with Gasteiger partial charge in [-0.15, -0.1) is 0 Å². The van der Waals surface area contributed by atoms with Crippen LogP contribution in [-0.2, 0) is 20.0 Å². The van der Waals surface area contributed by atoms with E-state index in [1.165, 1.54) is 24.5 Å². The molecule has 5 rings (SSSR count). The lowest BCUT2D eigenvalue weighted by Crippen LogP contribution is -2.24. The molecule has 0 bridgehead atoms. The smallest absolute Gasteiger partial charge is 0.256 e. The third-order valence-corrected chi connectivity index (χ3v) is 5.10. The maximum Gasteiger partial charge on any atom is 0.256 e. The van der Waals surface area contributed by atoms with Crippen LogP contribution in [-0.4, -0.2) is 25.6 Å². The minimum absolute atomic E-state index is 0.0283. The second-order valence-electron chi connectivity index (χ2n) is 7.00. The number of hydrogen-bond donors (Lipinski definition) is 0. The van der Waals surface area contributed by atoms with Gasteiger partial charge in [-0.05, 0) is 53.9 Å². The molecular weight excluding hydrogens is 367 g/mol. The summed E-state index contributed by atoms with van der Waals surface area (Å²) >= 11 is 0. The lowest BCUT2D eigenvalue weighted by atomic mass is 9.98. The van der Waals surface area contributed by atoms with Crippen molar-refractivity contribution in [3.63, 3.8) is 0 Å². The van der Waals surface area contributed by atoms with Crippen LogP contribution >= 0.6 is 0 Å². The Morgan fingerprint density at radius 2 is 2.14 bits per heavy atom.